The van der Waals surface area contributed by atoms with Crippen LogP contribution in [-0.4, -0.2) is 29.1 Å². The Morgan fingerprint density at radius 3 is 2.57 bits per heavy atom. The minimum Gasteiger partial charge on any atom is -0.508 e. The second-order valence-corrected chi connectivity index (χ2v) is 6.44. The van der Waals surface area contributed by atoms with Gasteiger partial charge in [0.25, 0.3) is 5.91 Å². The van der Waals surface area contributed by atoms with Gasteiger partial charge in [-0.05, 0) is 78.4 Å². The number of phenols is 1. The lowest BCUT2D eigenvalue weighted by atomic mass is 10.1. The Balaban J connectivity index is 2.01. The molecule has 0 aliphatic rings. The highest BCUT2D eigenvalue weighted by Gasteiger charge is 2.20. The largest absolute Gasteiger partial charge is 0.508 e. The first-order chi connectivity index (χ1) is 11.0. The molecule has 0 aromatic heterocycles. The van der Waals surface area contributed by atoms with Crippen LogP contribution >= 0.6 is 22.6 Å². The van der Waals surface area contributed by atoms with E-state index in [1.165, 1.54) is 0 Å². The monoisotopic (exact) mass is 425 g/mol. The molecule has 1 N–H and O–H groups in total. The second-order valence-electron chi connectivity index (χ2n) is 5.19. The first kappa shape index (κ1) is 17.6. The highest BCUT2D eigenvalue weighted by Crippen LogP contribution is 2.23. The molecule has 23 heavy (non-hydrogen) atoms. The van der Waals surface area contributed by atoms with Crippen LogP contribution in [0.25, 0.3) is 0 Å². The normalized spacial score (nSPS) is 11.8. The van der Waals surface area contributed by atoms with E-state index in [-0.39, 0.29) is 24.3 Å². The highest BCUT2D eigenvalue weighted by atomic mass is 127. The quantitative estimate of drug-likeness (QED) is 0.713. The minimum atomic E-state index is -0.125. The van der Waals surface area contributed by atoms with Crippen LogP contribution in [0.4, 0.5) is 0 Å². The molecule has 0 bridgehead atoms. The summed E-state index contributed by atoms with van der Waals surface area (Å²) in [5, 5.41) is 9.60. The van der Waals surface area contributed by atoms with Crippen molar-refractivity contribution in [3.05, 3.63) is 57.7 Å². The Hall–Kier alpha value is -1.76. The smallest absolute Gasteiger partial charge is 0.260 e. The Labute approximate surface area is 150 Å². The Morgan fingerprint density at radius 1 is 1.26 bits per heavy atom. The van der Waals surface area contributed by atoms with Gasteiger partial charge in [0.1, 0.15) is 11.5 Å². The van der Waals surface area contributed by atoms with Gasteiger partial charge in [-0.25, -0.2) is 0 Å². The molecule has 0 fully saturated rings. The van der Waals surface area contributed by atoms with Gasteiger partial charge >= 0.3 is 0 Å². The number of rotatable bonds is 6. The van der Waals surface area contributed by atoms with Crippen LogP contribution in [0.3, 0.4) is 0 Å². The number of aromatic hydroxyl groups is 1. The first-order valence-corrected chi connectivity index (χ1v) is 8.56. The Bertz CT molecular complexity index is 658. The van der Waals surface area contributed by atoms with Crippen molar-refractivity contribution in [1.29, 1.82) is 0 Å². The molecule has 4 nitrogen and oxygen atoms in total. The maximum absolute atomic E-state index is 12.5. The number of hydrogen-bond donors (Lipinski definition) is 1. The van der Waals surface area contributed by atoms with E-state index in [1.807, 2.05) is 44.2 Å². The lowest BCUT2D eigenvalue weighted by molar-refractivity contribution is -0.135. The maximum Gasteiger partial charge on any atom is 0.260 e. The van der Waals surface area contributed by atoms with Crippen LogP contribution in [-0.2, 0) is 4.79 Å². The van der Waals surface area contributed by atoms with Gasteiger partial charge in [-0.1, -0.05) is 12.1 Å². The van der Waals surface area contributed by atoms with Crippen LogP contribution in [0, 0.1) is 3.57 Å². The molecular formula is C18H20INO3. The number of ether oxygens (including phenoxy) is 1. The summed E-state index contributed by atoms with van der Waals surface area (Å²) < 4.78 is 6.69. The Kier molecular flexibility index (Phi) is 6.27. The number of carbonyl (C=O) groups excluding carboxylic acids is 1. The zero-order valence-electron chi connectivity index (χ0n) is 13.2. The van der Waals surface area contributed by atoms with E-state index in [9.17, 15) is 9.90 Å². The fourth-order valence-corrected chi connectivity index (χ4v) is 2.75. The van der Waals surface area contributed by atoms with E-state index >= 15 is 0 Å². The van der Waals surface area contributed by atoms with Gasteiger partial charge in [0, 0.05) is 10.1 Å². The van der Waals surface area contributed by atoms with Crippen LogP contribution in [0.1, 0.15) is 25.5 Å². The molecule has 0 heterocycles. The summed E-state index contributed by atoms with van der Waals surface area (Å²) in [6.07, 6.45) is 0. The van der Waals surface area contributed by atoms with Gasteiger partial charge in [-0.3, -0.25) is 4.79 Å². The lowest BCUT2D eigenvalue weighted by Crippen LogP contribution is -2.36. The minimum absolute atomic E-state index is 0.00239. The predicted octanol–water partition coefficient (Wildman–Crippen LogP) is 3.99. The van der Waals surface area contributed by atoms with E-state index in [0.29, 0.717) is 12.3 Å². The Morgan fingerprint density at radius 2 is 1.96 bits per heavy atom. The number of nitrogens with zero attached hydrogens (tertiary/aromatic N) is 1. The van der Waals surface area contributed by atoms with Gasteiger partial charge in [0.15, 0.2) is 6.61 Å². The summed E-state index contributed by atoms with van der Waals surface area (Å²) in [6.45, 7) is 4.45. The average molecular weight is 425 g/mol. The summed E-state index contributed by atoms with van der Waals surface area (Å²) >= 11 is 2.22. The molecule has 0 aliphatic carbocycles. The number of carbonyl (C=O) groups is 1. The van der Waals surface area contributed by atoms with E-state index in [1.54, 1.807) is 23.1 Å². The molecule has 2 rings (SSSR count). The summed E-state index contributed by atoms with van der Waals surface area (Å²) in [6, 6.07) is 14.4. The molecular weight excluding hydrogens is 405 g/mol. The number of halogens is 1. The summed E-state index contributed by atoms with van der Waals surface area (Å²) in [4.78, 5) is 14.2. The molecule has 122 valence electrons. The van der Waals surface area contributed by atoms with Crippen LogP contribution in [0.5, 0.6) is 11.5 Å². The summed E-state index contributed by atoms with van der Waals surface area (Å²) in [5.41, 5.74) is 0.898. The third-order valence-electron chi connectivity index (χ3n) is 3.66. The molecule has 0 radical (unpaired) electrons. The van der Waals surface area contributed by atoms with Crippen molar-refractivity contribution >= 4 is 28.5 Å². The number of benzene rings is 2. The molecule has 0 saturated heterocycles. The fraction of sp³-hybridized carbons (Fsp3) is 0.278. The summed E-state index contributed by atoms with van der Waals surface area (Å²) in [5.74, 6) is 0.801. The molecule has 0 spiro atoms. The maximum atomic E-state index is 12.5. The van der Waals surface area contributed by atoms with E-state index in [0.717, 1.165) is 9.13 Å². The molecule has 0 aliphatic heterocycles. The van der Waals surface area contributed by atoms with E-state index in [2.05, 4.69) is 22.6 Å². The topological polar surface area (TPSA) is 49.8 Å². The summed E-state index contributed by atoms with van der Waals surface area (Å²) in [7, 11) is 0. The van der Waals surface area contributed by atoms with Crippen molar-refractivity contribution < 1.29 is 14.6 Å². The molecule has 0 saturated carbocycles. The molecule has 1 unspecified atom stereocenters. The van der Waals surface area contributed by atoms with Crippen molar-refractivity contribution in [1.82, 2.24) is 4.90 Å². The van der Waals surface area contributed by atoms with Gasteiger partial charge in [-0.15, -0.1) is 0 Å². The average Bonchev–Trinajstić information content (AvgIpc) is 2.55. The first-order valence-electron chi connectivity index (χ1n) is 7.48. The number of phenolic OH excluding ortho intramolecular Hbond substituents is 1. The second kappa shape index (κ2) is 8.19. The SMILES string of the molecule is CCN(C(=O)COc1ccc(I)cc1)C(C)c1cccc(O)c1. The van der Waals surface area contributed by atoms with Crippen molar-refractivity contribution in [2.45, 2.75) is 19.9 Å². The zero-order chi connectivity index (χ0) is 16.8. The number of amides is 1. The fourth-order valence-electron chi connectivity index (χ4n) is 2.39. The third-order valence-corrected chi connectivity index (χ3v) is 4.38. The van der Waals surface area contributed by atoms with Crippen molar-refractivity contribution in [2.75, 3.05) is 13.2 Å². The van der Waals surface area contributed by atoms with E-state index in [4.69, 9.17) is 4.74 Å². The molecule has 2 aromatic rings. The molecule has 1 atom stereocenters. The van der Waals surface area contributed by atoms with Crippen molar-refractivity contribution in [3.63, 3.8) is 0 Å². The van der Waals surface area contributed by atoms with Crippen LogP contribution in [0.15, 0.2) is 48.5 Å². The number of likely N-dealkylation sites (N-methyl/N-ethyl adjacent to an activating group) is 1. The van der Waals surface area contributed by atoms with E-state index < -0.39 is 0 Å². The van der Waals surface area contributed by atoms with Crippen LogP contribution in [0.2, 0.25) is 0 Å². The lowest BCUT2D eigenvalue weighted by Gasteiger charge is -2.28. The molecule has 5 heteroatoms. The standard InChI is InChI=1S/C18H20INO3/c1-3-20(13(2)14-5-4-6-16(21)11-14)18(22)12-23-17-9-7-15(19)8-10-17/h4-11,13,21H,3,12H2,1-2H3. The highest BCUT2D eigenvalue weighted by molar-refractivity contribution is 14.1. The third kappa shape index (κ3) is 4.86. The van der Waals surface area contributed by atoms with Crippen molar-refractivity contribution in [2.24, 2.45) is 0 Å². The van der Waals surface area contributed by atoms with Gasteiger partial charge in [0.2, 0.25) is 0 Å². The van der Waals surface area contributed by atoms with Crippen LogP contribution < -0.4 is 4.74 Å². The van der Waals surface area contributed by atoms with Crippen molar-refractivity contribution in [3.8, 4) is 11.5 Å². The predicted molar refractivity (Wildman–Crippen MR) is 98.6 cm³/mol. The zero-order valence-corrected chi connectivity index (χ0v) is 15.4. The molecule has 2 aromatic carbocycles. The molecule has 1 amide bonds. The van der Waals surface area contributed by atoms with Gasteiger partial charge in [-0.2, -0.15) is 0 Å². The van der Waals surface area contributed by atoms with Gasteiger partial charge < -0.3 is 14.7 Å². The number of hydrogen-bond acceptors (Lipinski definition) is 3. The van der Waals surface area contributed by atoms with Gasteiger partial charge in [0.05, 0.1) is 6.04 Å².